The largest absolute Gasteiger partial charge is 0.495 e. The van der Waals surface area contributed by atoms with Crippen LogP contribution in [0.15, 0.2) is 47.8 Å². The molecule has 2 aromatic carbocycles. The number of hydrogen-bond acceptors (Lipinski definition) is 6. The number of hydrogen-bond donors (Lipinski definition) is 2. The molecule has 0 unspecified atom stereocenters. The summed E-state index contributed by atoms with van der Waals surface area (Å²) >= 11 is 1.50. The molecule has 5 nitrogen and oxygen atoms in total. The average molecular weight is 339 g/mol. The minimum atomic E-state index is 0.0511. The van der Waals surface area contributed by atoms with Crippen LogP contribution in [0.4, 0.5) is 16.5 Å². The number of ketones is 1. The zero-order valence-electron chi connectivity index (χ0n) is 13.4. The number of thiazole rings is 1. The molecule has 3 aromatic rings. The molecule has 3 rings (SSSR count). The summed E-state index contributed by atoms with van der Waals surface area (Å²) in [6.07, 6.45) is 0. The van der Waals surface area contributed by atoms with E-state index in [4.69, 9.17) is 10.5 Å². The van der Waals surface area contributed by atoms with E-state index in [0.29, 0.717) is 17.0 Å². The highest BCUT2D eigenvalue weighted by molar-refractivity contribution is 7.14. The van der Waals surface area contributed by atoms with Gasteiger partial charge in [-0.05, 0) is 49.4 Å². The van der Waals surface area contributed by atoms with Crippen molar-refractivity contribution in [2.75, 3.05) is 18.2 Å². The number of nitrogens with zero attached hydrogens (tertiary/aromatic N) is 1. The summed E-state index contributed by atoms with van der Waals surface area (Å²) < 4.78 is 5.17. The zero-order valence-corrected chi connectivity index (χ0v) is 14.2. The first kappa shape index (κ1) is 16.0. The van der Waals surface area contributed by atoms with Crippen LogP contribution >= 0.6 is 11.3 Å². The van der Waals surface area contributed by atoms with E-state index in [9.17, 15) is 4.79 Å². The first-order valence-corrected chi connectivity index (χ1v) is 8.22. The monoisotopic (exact) mass is 339 g/mol. The number of carbonyl (C=O) groups excluding carboxylic acids is 1. The van der Waals surface area contributed by atoms with Gasteiger partial charge in [-0.1, -0.05) is 0 Å². The van der Waals surface area contributed by atoms with Crippen LogP contribution in [-0.2, 0) is 0 Å². The fourth-order valence-corrected chi connectivity index (χ4v) is 3.01. The maximum atomic E-state index is 11.3. The Balaban J connectivity index is 1.78. The molecule has 3 N–H and O–H groups in total. The van der Waals surface area contributed by atoms with Gasteiger partial charge >= 0.3 is 0 Å². The normalized spacial score (nSPS) is 10.4. The minimum absolute atomic E-state index is 0.0511. The highest BCUT2D eigenvalue weighted by atomic mass is 32.1. The van der Waals surface area contributed by atoms with Gasteiger partial charge < -0.3 is 15.8 Å². The van der Waals surface area contributed by atoms with E-state index in [1.54, 1.807) is 26.2 Å². The SMILES string of the molecule is COc1ccc(-c2csc(Nc3ccc(C(C)=O)cc3)n2)cc1N. The topological polar surface area (TPSA) is 77.2 Å². The molecule has 6 heteroatoms. The zero-order chi connectivity index (χ0) is 17.1. The molecular formula is C18H17N3O2S. The molecule has 0 atom stereocenters. The molecule has 0 radical (unpaired) electrons. The number of ether oxygens (including phenoxy) is 1. The Morgan fingerprint density at radius 3 is 2.58 bits per heavy atom. The number of nitrogens with two attached hydrogens (primary N) is 1. The van der Waals surface area contributed by atoms with E-state index in [1.165, 1.54) is 11.3 Å². The summed E-state index contributed by atoms with van der Waals surface area (Å²) in [6.45, 7) is 1.55. The van der Waals surface area contributed by atoms with Crippen LogP contribution in [-0.4, -0.2) is 17.9 Å². The summed E-state index contributed by atoms with van der Waals surface area (Å²) in [7, 11) is 1.59. The lowest BCUT2D eigenvalue weighted by atomic mass is 10.1. The Morgan fingerprint density at radius 1 is 1.21 bits per heavy atom. The van der Waals surface area contributed by atoms with Crippen molar-refractivity contribution in [1.29, 1.82) is 0 Å². The van der Waals surface area contributed by atoms with Crippen LogP contribution < -0.4 is 15.8 Å². The van der Waals surface area contributed by atoms with E-state index >= 15 is 0 Å². The second-order valence-electron chi connectivity index (χ2n) is 5.25. The number of aromatic nitrogens is 1. The van der Waals surface area contributed by atoms with Crippen molar-refractivity contribution in [3.8, 4) is 17.0 Å². The van der Waals surface area contributed by atoms with Crippen LogP contribution in [0.2, 0.25) is 0 Å². The maximum absolute atomic E-state index is 11.3. The molecular weight excluding hydrogens is 322 g/mol. The Bertz CT molecular complexity index is 872. The molecule has 0 saturated carbocycles. The first-order valence-electron chi connectivity index (χ1n) is 7.34. The lowest BCUT2D eigenvalue weighted by molar-refractivity contribution is 0.101. The second kappa shape index (κ2) is 6.72. The summed E-state index contributed by atoms with van der Waals surface area (Å²) in [5.74, 6) is 0.702. The molecule has 0 saturated heterocycles. The average Bonchev–Trinajstić information content (AvgIpc) is 3.04. The summed E-state index contributed by atoms with van der Waals surface area (Å²) in [6, 6.07) is 12.9. The van der Waals surface area contributed by atoms with Gasteiger partial charge in [-0.2, -0.15) is 0 Å². The van der Waals surface area contributed by atoms with Gasteiger partial charge in [-0.25, -0.2) is 4.98 Å². The highest BCUT2D eigenvalue weighted by Crippen LogP contribution is 2.31. The molecule has 0 bridgehead atoms. The standard InChI is InChI=1S/C18H17N3O2S/c1-11(22)12-3-6-14(7-4-12)20-18-21-16(10-24-18)13-5-8-17(23-2)15(19)9-13/h3-10H,19H2,1-2H3,(H,20,21). The quantitative estimate of drug-likeness (QED) is 0.534. The lowest BCUT2D eigenvalue weighted by Crippen LogP contribution is -1.94. The van der Waals surface area contributed by atoms with Crippen molar-refractivity contribution in [2.24, 2.45) is 0 Å². The molecule has 0 amide bonds. The number of Topliss-reactive ketones (excluding diaryl/α,β-unsaturated/α-hetero) is 1. The molecule has 24 heavy (non-hydrogen) atoms. The molecule has 1 heterocycles. The highest BCUT2D eigenvalue weighted by Gasteiger charge is 2.08. The summed E-state index contributed by atoms with van der Waals surface area (Å²) in [5, 5.41) is 5.98. The number of rotatable bonds is 5. The molecule has 0 aliphatic heterocycles. The molecule has 0 spiro atoms. The second-order valence-corrected chi connectivity index (χ2v) is 6.11. The van der Waals surface area contributed by atoms with Gasteiger partial charge in [0.1, 0.15) is 5.75 Å². The minimum Gasteiger partial charge on any atom is -0.495 e. The van der Waals surface area contributed by atoms with Gasteiger partial charge in [0.05, 0.1) is 18.5 Å². The van der Waals surface area contributed by atoms with Gasteiger partial charge in [0.15, 0.2) is 10.9 Å². The summed E-state index contributed by atoms with van der Waals surface area (Å²) in [5.41, 5.74) is 9.88. The van der Waals surface area contributed by atoms with E-state index in [1.807, 2.05) is 35.7 Å². The van der Waals surface area contributed by atoms with Crippen molar-refractivity contribution < 1.29 is 9.53 Å². The van der Waals surface area contributed by atoms with Gasteiger partial charge in [0.25, 0.3) is 0 Å². The smallest absolute Gasteiger partial charge is 0.187 e. The number of benzene rings is 2. The van der Waals surface area contributed by atoms with Crippen molar-refractivity contribution in [1.82, 2.24) is 4.98 Å². The summed E-state index contributed by atoms with van der Waals surface area (Å²) in [4.78, 5) is 15.9. The number of methoxy groups -OCH3 is 1. The van der Waals surface area contributed by atoms with Gasteiger partial charge in [-0.15, -0.1) is 11.3 Å². The fourth-order valence-electron chi connectivity index (χ4n) is 2.27. The van der Waals surface area contributed by atoms with Gasteiger partial charge in [0, 0.05) is 22.2 Å². The predicted molar refractivity (Wildman–Crippen MR) is 98.2 cm³/mol. The van der Waals surface area contributed by atoms with Crippen molar-refractivity contribution in [3.05, 3.63) is 53.4 Å². The van der Waals surface area contributed by atoms with Crippen molar-refractivity contribution in [2.45, 2.75) is 6.92 Å². The molecule has 122 valence electrons. The fraction of sp³-hybridized carbons (Fsp3) is 0.111. The van der Waals surface area contributed by atoms with Crippen LogP contribution in [0.25, 0.3) is 11.3 Å². The van der Waals surface area contributed by atoms with Crippen molar-refractivity contribution >= 4 is 33.6 Å². The van der Waals surface area contributed by atoms with Gasteiger partial charge in [-0.3, -0.25) is 4.79 Å². The molecule has 1 aromatic heterocycles. The van der Waals surface area contributed by atoms with E-state index in [-0.39, 0.29) is 5.78 Å². The molecule has 0 fully saturated rings. The Morgan fingerprint density at radius 2 is 1.96 bits per heavy atom. The predicted octanol–water partition coefficient (Wildman–Crippen LogP) is 4.35. The first-order chi connectivity index (χ1) is 11.6. The van der Waals surface area contributed by atoms with Crippen LogP contribution in [0.1, 0.15) is 17.3 Å². The lowest BCUT2D eigenvalue weighted by Gasteiger charge is -2.05. The van der Waals surface area contributed by atoms with Gasteiger partial charge in [0.2, 0.25) is 0 Å². The van der Waals surface area contributed by atoms with Crippen LogP contribution in [0, 0.1) is 0 Å². The van der Waals surface area contributed by atoms with Crippen molar-refractivity contribution in [3.63, 3.8) is 0 Å². The van der Waals surface area contributed by atoms with Crippen LogP contribution in [0.3, 0.4) is 0 Å². The van der Waals surface area contributed by atoms with E-state index < -0.39 is 0 Å². The van der Waals surface area contributed by atoms with Crippen LogP contribution in [0.5, 0.6) is 5.75 Å². The Labute approximate surface area is 144 Å². The van der Waals surface area contributed by atoms with E-state index in [2.05, 4.69) is 10.3 Å². The molecule has 0 aliphatic rings. The maximum Gasteiger partial charge on any atom is 0.187 e. The third kappa shape index (κ3) is 3.38. The number of anilines is 3. The Kier molecular flexibility index (Phi) is 4.48. The molecule has 0 aliphatic carbocycles. The third-order valence-corrected chi connectivity index (χ3v) is 4.33. The third-order valence-electron chi connectivity index (χ3n) is 3.57. The number of nitrogen functional groups attached to an aromatic ring is 1. The van der Waals surface area contributed by atoms with E-state index in [0.717, 1.165) is 22.1 Å². The Hall–Kier alpha value is -2.86. The number of carbonyl (C=O) groups is 1. The number of nitrogens with one attached hydrogen (secondary N) is 1.